The molecular weight excluding hydrogens is 318 g/mol. The third kappa shape index (κ3) is 4.94. The van der Waals surface area contributed by atoms with E-state index in [-0.39, 0.29) is 0 Å². The summed E-state index contributed by atoms with van der Waals surface area (Å²) in [5.74, 6) is -1.63. The molecule has 0 aliphatic carbocycles. The zero-order valence-corrected chi connectivity index (χ0v) is 14.1. The topological polar surface area (TPSA) is 16.1 Å². The standard InChI is InChI=1S/C21H20F2N2/c1-16-2-4-17(5-3-16)13-25(14-18-8-10-24-11-9-18)15-19-6-7-20(22)21(23)12-19/h2-12H,13-15H2,1H3. The van der Waals surface area contributed by atoms with E-state index in [4.69, 9.17) is 0 Å². The smallest absolute Gasteiger partial charge is 0.159 e. The fourth-order valence-electron chi connectivity index (χ4n) is 2.76. The molecule has 1 aromatic heterocycles. The van der Waals surface area contributed by atoms with Gasteiger partial charge in [0, 0.05) is 32.0 Å². The Morgan fingerprint density at radius 3 is 1.92 bits per heavy atom. The van der Waals surface area contributed by atoms with E-state index in [0.29, 0.717) is 13.1 Å². The van der Waals surface area contributed by atoms with Crippen molar-refractivity contribution in [3.8, 4) is 0 Å². The van der Waals surface area contributed by atoms with Crippen LogP contribution in [0.3, 0.4) is 0 Å². The molecular formula is C21H20F2N2. The largest absolute Gasteiger partial charge is 0.291 e. The predicted octanol–water partition coefficient (Wildman–Crippen LogP) is 4.87. The van der Waals surface area contributed by atoms with Gasteiger partial charge >= 0.3 is 0 Å². The Kier molecular flexibility index (Phi) is 5.51. The number of benzene rings is 2. The Morgan fingerprint density at radius 2 is 1.28 bits per heavy atom. The quantitative estimate of drug-likeness (QED) is 0.637. The van der Waals surface area contributed by atoms with E-state index in [1.54, 1.807) is 18.5 Å². The zero-order chi connectivity index (χ0) is 17.6. The molecule has 0 fully saturated rings. The predicted molar refractivity (Wildman–Crippen MR) is 94.7 cm³/mol. The van der Waals surface area contributed by atoms with Crippen LogP contribution in [-0.4, -0.2) is 9.88 Å². The highest BCUT2D eigenvalue weighted by Crippen LogP contribution is 2.16. The van der Waals surface area contributed by atoms with E-state index >= 15 is 0 Å². The van der Waals surface area contributed by atoms with E-state index in [2.05, 4.69) is 41.1 Å². The van der Waals surface area contributed by atoms with Crippen molar-refractivity contribution in [3.63, 3.8) is 0 Å². The number of halogens is 2. The summed E-state index contributed by atoms with van der Waals surface area (Å²) < 4.78 is 26.7. The van der Waals surface area contributed by atoms with E-state index in [0.717, 1.165) is 17.7 Å². The highest BCUT2D eigenvalue weighted by Gasteiger charge is 2.10. The first-order valence-electron chi connectivity index (χ1n) is 8.21. The van der Waals surface area contributed by atoms with Crippen LogP contribution in [0.1, 0.15) is 22.3 Å². The highest BCUT2D eigenvalue weighted by atomic mass is 19.2. The molecule has 2 aromatic carbocycles. The number of hydrogen-bond acceptors (Lipinski definition) is 2. The molecule has 128 valence electrons. The first kappa shape index (κ1) is 17.2. The second-order valence-corrected chi connectivity index (χ2v) is 6.23. The summed E-state index contributed by atoms with van der Waals surface area (Å²) in [5, 5.41) is 0. The fourth-order valence-corrected chi connectivity index (χ4v) is 2.76. The molecule has 0 atom stereocenters. The van der Waals surface area contributed by atoms with E-state index in [1.807, 2.05) is 12.1 Å². The van der Waals surface area contributed by atoms with Gasteiger partial charge in [-0.25, -0.2) is 8.78 Å². The summed E-state index contributed by atoms with van der Waals surface area (Å²) in [4.78, 5) is 6.24. The lowest BCUT2D eigenvalue weighted by Crippen LogP contribution is -2.22. The molecule has 1 heterocycles. The Morgan fingerprint density at radius 1 is 0.720 bits per heavy atom. The number of rotatable bonds is 6. The van der Waals surface area contributed by atoms with Crippen LogP contribution in [0.5, 0.6) is 0 Å². The van der Waals surface area contributed by atoms with Crippen molar-refractivity contribution < 1.29 is 8.78 Å². The SMILES string of the molecule is Cc1ccc(CN(Cc2ccncc2)Cc2ccc(F)c(F)c2)cc1. The summed E-state index contributed by atoms with van der Waals surface area (Å²) in [6.07, 6.45) is 3.52. The first-order valence-corrected chi connectivity index (χ1v) is 8.21. The lowest BCUT2D eigenvalue weighted by Gasteiger charge is -2.23. The van der Waals surface area contributed by atoms with Crippen molar-refractivity contribution in [3.05, 3.63) is 101 Å². The normalized spacial score (nSPS) is 11.0. The molecule has 3 aromatic rings. The molecule has 0 amide bonds. The molecule has 0 spiro atoms. The van der Waals surface area contributed by atoms with Gasteiger partial charge in [-0.2, -0.15) is 0 Å². The summed E-state index contributed by atoms with van der Waals surface area (Å²) in [5.41, 5.74) is 4.28. The number of aryl methyl sites for hydroxylation is 1. The molecule has 0 saturated carbocycles. The summed E-state index contributed by atoms with van der Waals surface area (Å²) in [7, 11) is 0. The van der Waals surface area contributed by atoms with Gasteiger partial charge in [0.1, 0.15) is 0 Å². The number of pyridine rings is 1. The van der Waals surface area contributed by atoms with Gasteiger partial charge < -0.3 is 0 Å². The molecule has 0 aliphatic heterocycles. The van der Waals surface area contributed by atoms with Crippen LogP contribution >= 0.6 is 0 Å². The van der Waals surface area contributed by atoms with Gasteiger partial charge in [0.25, 0.3) is 0 Å². The van der Waals surface area contributed by atoms with Crippen molar-refractivity contribution in [2.75, 3.05) is 0 Å². The van der Waals surface area contributed by atoms with Crippen molar-refractivity contribution in [1.82, 2.24) is 9.88 Å². The Labute approximate surface area is 146 Å². The molecule has 0 N–H and O–H groups in total. The molecule has 3 rings (SSSR count). The minimum absolute atomic E-state index is 0.535. The van der Waals surface area contributed by atoms with Crippen LogP contribution in [-0.2, 0) is 19.6 Å². The van der Waals surface area contributed by atoms with Crippen LogP contribution in [0, 0.1) is 18.6 Å². The second kappa shape index (κ2) is 7.99. The van der Waals surface area contributed by atoms with E-state index in [9.17, 15) is 8.78 Å². The maximum absolute atomic E-state index is 13.5. The van der Waals surface area contributed by atoms with Gasteiger partial charge in [0.05, 0.1) is 0 Å². The molecule has 4 heteroatoms. The van der Waals surface area contributed by atoms with E-state index in [1.165, 1.54) is 23.3 Å². The van der Waals surface area contributed by atoms with Gasteiger partial charge in [-0.15, -0.1) is 0 Å². The first-order chi connectivity index (χ1) is 12.1. The summed E-state index contributed by atoms with van der Waals surface area (Å²) in [6, 6.07) is 16.4. The van der Waals surface area contributed by atoms with Crippen molar-refractivity contribution >= 4 is 0 Å². The van der Waals surface area contributed by atoms with Crippen LogP contribution in [0.15, 0.2) is 67.0 Å². The van der Waals surface area contributed by atoms with E-state index < -0.39 is 11.6 Å². The Hall–Kier alpha value is -2.59. The Bertz CT molecular complexity index is 817. The number of aromatic nitrogens is 1. The monoisotopic (exact) mass is 338 g/mol. The minimum atomic E-state index is -0.817. The average Bonchev–Trinajstić information content (AvgIpc) is 2.61. The third-order valence-electron chi connectivity index (χ3n) is 4.07. The van der Waals surface area contributed by atoms with Crippen LogP contribution in [0.25, 0.3) is 0 Å². The third-order valence-corrected chi connectivity index (χ3v) is 4.07. The number of nitrogens with zero attached hydrogens (tertiary/aromatic N) is 2. The Balaban J connectivity index is 1.79. The molecule has 0 unspecified atom stereocenters. The van der Waals surface area contributed by atoms with Gasteiger partial charge in [-0.05, 0) is 47.9 Å². The molecule has 0 bridgehead atoms. The van der Waals surface area contributed by atoms with Crippen molar-refractivity contribution in [2.24, 2.45) is 0 Å². The maximum Gasteiger partial charge on any atom is 0.159 e. The molecule has 25 heavy (non-hydrogen) atoms. The highest BCUT2D eigenvalue weighted by molar-refractivity contribution is 5.22. The summed E-state index contributed by atoms with van der Waals surface area (Å²) >= 11 is 0. The average molecular weight is 338 g/mol. The van der Waals surface area contributed by atoms with Gasteiger partial charge in [0.2, 0.25) is 0 Å². The lowest BCUT2D eigenvalue weighted by atomic mass is 10.1. The summed E-state index contributed by atoms with van der Waals surface area (Å²) in [6.45, 7) is 4.02. The van der Waals surface area contributed by atoms with Gasteiger partial charge in [-0.1, -0.05) is 35.9 Å². The fraction of sp³-hybridized carbons (Fsp3) is 0.190. The van der Waals surface area contributed by atoms with Gasteiger partial charge in [-0.3, -0.25) is 9.88 Å². The molecule has 0 radical (unpaired) electrons. The zero-order valence-electron chi connectivity index (χ0n) is 14.1. The second-order valence-electron chi connectivity index (χ2n) is 6.23. The van der Waals surface area contributed by atoms with Crippen LogP contribution in [0.2, 0.25) is 0 Å². The van der Waals surface area contributed by atoms with Crippen molar-refractivity contribution in [1.29, 1.82) is 0 Å². The maximum atomic E-state index is 13.5. The lowest BCUT2D eigenvalue weighted by molar-refractivity contribution is 0.247. The minimum Gasteiger partial charge on any atom is -0.291 e. The van der Waals surface area contributed by atoms with Gasteiger partial charge in [0.15, 0.2) is 11.6 Å². The molecule has 2 nitrogen and oxygen atoms in total. The van der Waals surface area contributed by atoms with Crippen LogP contribution in [0.4, 0.5) is 8.78 Å². The van der Waals surface area contributed by atoms with Crippen LogP contribution < -0.4 is 0 Å². The number of hydrogen-bond donors (Lipinski definition) is 0. The molecule has 0 aliphatic rings. The molecule has 0 saturated heterocycles. The van der Waals surface area contributed by atoms with Crippen molar-refractivity contribution in [2.45, 2.75) is 26.6 Å².